The Morgan fingerprint density at radius 2 is 1.96 bits per heavy atom. The molecule has 0 bridgehead atoms. The lowest BCUT2D eigenvalue weighted by molar-refractivity contribution is 0.304. The van der Waals surface area contributed by atoms with Gasteiger partial charge in [0.15, 0.2) is 0 Å². The SMILES string of the molecule is CNc1ccc(Cl)cc1COc1ccc(F)cc1C.COC=S. The molecule has 6 heteroatoms. The van der Waals surface area contributed by atoms with Crippen molar-refractivity contribution in [2.75, 3.05) is 19.5 Å². The van der Waals surface area contributed by atoms with Crippen molar-refractivity contribution in [1.82, 2.24) is 0 Å². The summed E-state index contributed by atoms with van der Waals surface area (Å²) in [5.74, 6) is 0.409. The van der Waals surface area contributed by atoms with E-state index in [4.69, 9.17) is 16.3 Å². The summed E-state index contributed by atoms with van der Waals surface area (Å²) >= 11 is 10.2. The predicted molar refractivity (Wildman–Crippen MR) is 97.1 cm³/mol. The minimum absolute atomic E-state index is 0.261. The summed E-state index contributed by atoms with van der Waals surface area (Å²) in [5, 5.41) is 3.74. The van der Waals surface area contributed by atoms with Crippen LogP contribution in [0.4, 0.5) is 10.1 Å². The molecule has 2 aromatic rings. The molecule has 0 fully saturated rings. The largest absolute Gasteiger partial charge is 0.493 e. The fraction of sp³-hybridized carbons (Fsp3) is 0.235. The maximum atomic E-state index is 13.0. The summed E-state index contributed by atoms with van der Waals surface area (Å²) in [5.41, 5.74) is 3.90. The van der Waals surface area contributed by atoms with Crippen molar-refractivity contribution in [1.29, 1.82) is 0 Å². The number of benzene rings is 2. The normalized spacial score (nSPS) is 9.43. The average Bonchev–Trinajstić information content (AvgIpc) is 2.54. The Bertz CT molecular complexity index is 652. The van der Waals surface area contributed by atoms with Crippen molar-refractivity contribution in [3.8, 4) is 5.75 Å². The van der Waals surface area contributed by atoms with Crippen LogP contribution in [0.1, 0.15) is 11.1 Å². The van der Waals surface area contributed by atoms with Gasteiger partial charge in [-0.25, -0.2) is 4.39 Å². The van der Waals surface area contributed by atoms with Crippen molar-refractivity contribution >= 4 is 35.1 Å². The van der Waals surface area contributed by atoms with E-state index in [-0.39, 0.29) is 5.82 Å². The summed E-state index contributed by atoms with van der Waals surface area (Å²) in [4.78, 5) is 0. The van der Waals surface area contributed by atoms with E-state index in [1.54, 1.807) is 6.07 Å². The Kier molecular flexibility index (Phi) is 8.37. The highest BCUT2D eigenvalue weighted by molar-refractivity contribution is 7.78. The van der Waals surface area contributed by atoms with Crippen molar-refractivity contribution in [2.45, 2.75) is 13.5 Å². The standard InChI is InChI=1S/C15H15ClFNO.C2H4OS/c1-10-7-13(17)4-6-15(10)19-9-11-8-12(16)3-5-14(11)18-2;1-3-2-4/h3-8,18H,9H2,1-2H3;2H,1H3. The lowest BCUT2D eigenvalue weighted by atomic mass is 10.2. The van der Waals surface area contributed by atoms with Gasteiger partial charge in [0.25, 0.3) is 0 Å². The lowest BCUT2D eigenvalue weighted by Crippen LogP contribution is -2.01. The predicted octanol–water partition coefficient (Wildman–Crippen LogP) is 5.00. The first-order valence-corrected chi connectivity index (χ1v) is 7.68. The van der Waals surface area contributed by atoms with Crippen LogP contribution < -0.4 is 10.1 Å². The van der Waals surface area contributed by atoms with E-state index in [2.05, 4.69) is 22.3 Å². The Balaban J connectivity index is 0.000000593. The van der Waals surface area contributed by atoms with Gasteiger partial charge < -0.3 is 14.8 Å². The van der Waals surface area contributed by atoms with Crippen molar-refractivity contribution in [3.63, 3.8) is 0 Å². The third kappa shape index (κ3) is 6.42. The molecule has 0 heterocycles. The minimum Gasteiger partial charge on any atom is -0.493 e. The molecule has 0 unspecified atom stereocenters. The fourth-order valence-corrected chi connectivity index (χ4v) is 2.05. The van der Waals surface area contributed by atoms with E-state index < -0.39 is 0 Å². The molecule has 0 aliphatic rings. The Hall–Kier alpha value is -1.85. The van der Waals surface area contributed by atoms with Gasteiger partial charge in [-0.1, -0.05) is 11.6 Å². The Morgan fingerprint density at radius 3 is 2.52 bits per heavy atom. The molecule has 0 aliphatic heterocycles. The topological polar surface area (TPSA) is 30.5 Å². The second-order valence-electron chi connectivity index (χ2n) is 4.58. The summed E-state index contributed by atoms with van der Waals surface area (Å²) in [6.45, 7) is 2.19. The zero-order valence-corrected chi connectivity index (χ0v) is 14.8. The van der Waals surface area contributed by atoms with Crippen LogP contribution in [0.2, 0.25) is 5.02 Å². The molecule has 0 saturated carbocycles. The third-order valence-electron chi connectivity index (χ3n) is 2.95. The molecule has 0 saturated heterocycles. The number of aryl methyl sites for hydroxylation is 1. The van der Waals surface area contributed by atoms with Gasteiger partial charge in [0.05, 0.1) is 7.11 Å². The molecule has 124 valence electrons. The zero-order valence-electron chi connectivity index (χ0n) is 13.2. The van der Waals surface area contributed by atoms with Crippen molar-refractivity contribution < 1.29 is 13.9 Å². The van der Waals surface area contributed by atoms with E-state index in [0.29, 0.717) is 17.4 Å². The van der Waals surface area contributed by atoms with Gasteiger partial charge in [0, 0.05) is 23.3 Å². The highest BCUT2D eigenvalue weighted by Crippen LogP contribution is 2.24. The number of anilines is 1. The highest BCUT2D eigenvalue weighted by Gasteiger charge is 2.05. The van der Waals surface area contributed by atoms with E-state index >= 15 is 0 Å². The first-order chi connectivity index (χ1) is 11.0. The third-order valence-corrected chi connectivity index (χ3v) is 3.38. The molecule has 0 spiro atoms. The maximum Gasteiger partial charge on any atom is 0.145 e. The second-order valence-corrected chi connectivity index (χ2v) is 5.21. The number of ether oxygens (including phenoxy) is 2. The van der Waals surface area contributed by atoms with Gasteiger partial charge in [0.1, 0.15) is 23.7 Å². The molecular formula is C17H19ClFNO2S. The van der Waals surface area contributed by atoms with Gasteiger partial charge in [0.2, 0.25) is 0 Å². The second kappa shape index (κ2) is 10.0. The molecular weight excluding hydrogens is 337 g/mol. The summed E-state index contributed by atoms with van der Waals surface area (Å²) in [6, 6.07) is 10.0. The van der Waals surface area contributed by atoms with Gasteiger partial charge >= 0.3 is 0 Å². The van der Waals surface area contributed by atoms with Crippen LogP contribution in [0.3, 0.4) is 0 Å². The number of nitrogens with one attached hydrogen (secondary N) is 1. The molecule has 2 rings (SSSR count). The molecule has 0 radical (unpaired) electrons. The summed E-state index contributed by atoms with van der Waals surface area (Å²) in [7, 11) is 3.36. The number of halogens is 2. The number of rotatable bonds is 5. The molecule has 0 aliphatic carbocycles. The van der Waals surface area contributed by atoms with Crippen molar-refractivity contribution in [2.24, 2.45) is 0 Å². The van der Waals surface area contributed by atoms with E-state index in [9.17, 15) is 4.39 Å². The molecule has 0 aromatic heterocycles. The number of hydrogen-bond donors (Lipinski definition) is 1. The smallest absolute Gasteiger partial charge is 0.145 e. The van der Waals surface area contributed by atoms with Crippen LogP contribution >= 0.6 is 23.8 Å². The highest BCUT2D eigenvalue weighted by atomic mass is 35.5. The lowest BCUT2D eigenvalue weighted by Gasteiger charge is -2.12. The average molecular weight is 356 g/mol. The summed E-state index contributed by atoms with van der Waals surface area (Å²) in [6.07, 6.45) is 0. The number of hydrogen-bond acceptors (Lipinski definition) is 4. The van der Waals surface area contributed by atoms with Gasteiger partial charge in [-0.15, -0.1) is 0 Å². The van der Waals surface area contributed by atoms with Crippen LogP contribution in [0.15, 0.2) is 36.4 Å². The Morgan fingerprint density at radius 1 is 1.26 bits per heavy atom. The molecule has 0 amide bonds. The van der Waals surface area contributed by atoms with Crippen LogP contribution in [-0.2, 0) is 11.3 Å². The minimum atomic E-state index is -0.261. The first-order valence-electron chi connectivity index (χ1n) is 6.83. The van der Waals surface area contributed by atoms with Crippen LogP contribution in [-0.4, -0.2) is 19.7 Å². The van der Waals surface area contributed by atoms with Gasteiger partial charge in [-0.05, 0) is 61.1 Å². The van der Waals surface area contributed by atoms with E-state index in [0.717, 1.165) is 16.8 Å². The van der Waals surface area contributed by atoms with Crippen LogP contribution in [0.25, 0.3) is 0 Å². The van der Waals surface area contributed by atoms with Crippen LogP contribution in [0, 0.1) is 12.7 Å². The van der Waals surface area contributed by atoms with Crippen molar-refractivity contribution in [3.05, 3.63) is 58.4 Å². The quantitative estimate of drug-likeness (QED) is 0.765. The molecule has 3 nitrogen and oxygen atoms in total. The zero-order chi connectivity index (χ0) is 17.2. The van der Waals surface area contributed by atoms with Gasteiger partial charge in [-0.2, -0.15) is 0 Å². The molecule has 2 aromatic carbocycles. The number of thiocarbonyl (C=S) groups is 1. The van der Waals surface area contributed by atoms with Gasteiger partial charge in [-0.3, -0.25) is 0 Å². The molecule has 1 N–H and O–H groups in total. The van der Waals surface area contributed by atoms with E-state index in [1.165, 1.54) is 24.8 Å². The Labute approximate surface area is 146 Å². The molecule has 23 heavy (non-hydrogen) atoms. The molecule has 0 atom stereocenters. The van der Waals surface area contributed by atoms with Crippen LogP contribution in [0.5, 0.6) is 5.75 Å². The first kappa shape index (κ1) is 19.2. The maximum absolute atomic E-state index is 13.0. The number of methoxy groups -OCH3 is 1. The fourth-order valence-electron chi connectivity index (χ4n) is 1.86. The summed E-state index contributed by atoms with van der Waals surface area (Å²) < 4.78 is 22.9. The monoisotopic (exact) mass is 355 g/mol. The van der Waals surface area contributed by atoms with E-state index in [1.807, 2.05) is 32.2 Å².